The maximum absolute atomic E-state index is 12.8. The lowest BCUT2D eigenvalue weighted by atomic mass is 9.65. The van der Waals surface area contributed by atoms with Crippen LogP contribution in [0.4, 0.5) is 23.7 Å². The van der Waals surface area contributed by atoms with Crippen molar-refractivity contribution in [1.82, 2.24) is 10.2 Å². The van der Waals surface area contributed by atoms with E-state index in [1.54, 1.807) is 26.0 Å². The summed E-state index contributed by atoms with van der Waals surface area (Å²) in [6, 6.07) is 14.6. The number of halogens is 3. The highest BCUT2D eigenvalue weighted by Gasteiger charge is 2.50. The van der Waals surface area contributed by atoms with Gasteiger partial charge in [0.1, 0.15) is 0 Å². The number of carbonyl (C=O) groups is 2. The number of benzene rings is 2. The zero-order valence-corrected chi connectivity index (χ0v) is 23.1. The van der Waals surface area contributed by atoms with Crippen LogP contribution in [0.3, 0.4) is 0 Å². The van der Waals surface area contributed by atoms with Crippen LogP contribution in [-0.4, -0.2) is 74.3 Å². The van der Waals surface area contributed by atoms with Crippen molar-refractivity contribution in [1.29, 1.82) is 0 Å². The summed E-state index contributed by atoms with van der Waals surface area (Å²) >= 11 is 1.63. The topological polar surface area (TPSA) is 100 Å². The van der Waals surface area contributed by atoms with Crippen molar-refractivity contribution in [3.63, 3.8) is 0 Å². The molecule has 4 rings (SSSR count). The first-order chi connectivity index (χ1) is 18.4. The monoisotopic (exact) mass is 569 g/mol. The first kappa shape index (κ1) is 30.4. The van der Waals surface area contributed by atoms with Crippen molar-refractivity contribution in [3.05, 3.63) is 48.0 Å². The number of rotatable bonds is 6. The first-order valence-electron chi connectivity index (χ1n) is 12.4. The van der Waals surface area contributed by atoms with E-state index >= 15 is 0 Å². The van der Waals surface area contributed by atoms with E-state index in [-0.39, 0.29) is 17.5 Å². The van der Waals surface area contributed by atoms with Gasteiger partial charge in [0.05, 0.1) is 19.9 Å². The number of hydrogen-bond acceptors (Lipinski definition) is 6. The fraction of sp³-hybridized carbons (Fsp3) is 0.481. The fourth-order valence-electron chi connectivity index (χ4n) is 5.49. The third-order valence-electron chi connectivity index (χ3n) is 7.42. The molecule has 214 valence electrons. The molecule has 1 saturated heterocycles. The van der Waals surface area contributed by atoms with Crippen LogP contribution in [0.1, 0.15) is 31.2 Å². The largest absolute Gasteiger partial charge is 0.493 e. The molecule has 2 amide bonds. The minimum Gasteiger partial charge on any atom is -0.493 e. The van der Waals surface area contributed by atoms with Crippen molar-refractivity contribution in [2.24, 2.45) is 0 Å². The Labute approximate surface area is 230 Å². The summed E-state index contributed by atoms with van der Waals surface area (Å²) < 4.78 is 42.8. The van der Waals surface area contributed by atoms with Gasteiger partial charge >= 0.3 is 18.2 Å². The number of carboxylic acid groups (broad SMARTS) is 1. The third-order valence-corrected chi connectivity index (χ3v) is 8.21. The van der Waals surface area contributed by atoms with Gasteiger partial charge in [-0.1, -0.05) is 18.2 Å². The maximum Gasteiger partial charge on any atom is 0.490 e. The number of fused-ring (bicyclic) bond motifs is 1. The summed E-state index contributed by atoms with van der Waals surface area (Å²) in [5.41, 5.74) is 2.24. The Kier molecular flexibility index (Phi) is 10.0. The molecule has 2 fully saturated rings. The van der Waals surface area contributed by atoms with E-state index in [1.807, 2.05) is 36.6 Å². The number of aliphatic carboxylic acids is 1. The third kappa shape index (κ3) is 7.10. The SMILES string of the molecule is COc1ccc([C@@]23CC[C@@H](NC(=O)Nc4ccccc4SC)C[C@@H]2N(C)CC3)cc1OC.O=C(O)C(F)(F)F. The molecule has 1 aliphatic carbocycles. The molecule has 12 heteroatoms. The van der Waals surface area contributed by atoms with Crippen LogP contribution in [0.2, 0.25) is 0 Å². The normalized spacial score (nSPS) is 22.6. The molecule has 1 aliphatic heterocycles. The molecule has 2 aliphatic rings. The van der Waals surface area contributed by atoms with Crippen LogP contribution in [0, 0.1) is 0 Å². The van der Waals surface area contributed by atoms with Crippen molar-refractivity contribution >= 4 is 29.4 Å². The first-order valence-corrected chi connectivity index (χ1v) is 13.6. The Morgan fingerprint density at radius 3 is 2.38 bits per heavy atom. The average molecular weight is 570 g/mol. The van der Waals surface area contributed by atoms with Gasteiger partial charge in [0.15, 0.2) is 11.5 Å². The number of carbonyl (C=O) groups excluding carboxylic acids is 1. The number of anilines is 1. The maximum atomic E-state index is 12.8. The molecule has 3 atom stereocenters. The summed E-state index contributed by atoms with van der Waals surface area (Å²) in [7, 11) is 5.55. The number of likely N-dealkylation sites (tertiary alicyclic amines) is 1. The Balaban J connectivity index is 0.000000532. The molecule has 1 heterocycles. The van der Waals surface area contributed by atoms with Crippen molar-refractivity contribution < 1.29 is 37.3 Å². The van der Waals surface area contributed by atoms with E-state index in [9.17, 15) is 18.0 Å². The van der Waals surface area contributed by atoms with Crippen molar-refractivity contribution in [2.75, 3.05) is 39.4 Å². The van der Waals surface area contributed by atoms with Crippen molar-refractivity contribution in [2.45, 2.75) is 54.3 Å². The predicted octanol–water partition coefficient (Wildman–Crippen LogP) is 5.38. The van der Waals surface area contributed by atoms with E-state index in [1.165, 1.54) is 5.56 Å². The molecule has 0 aromatic heterocycles. The van der Waals surface area contributed by atoms with Crippen molar-refractivity contribution in [3.8, 4) is 11.5 Å². The highest BCUT2D eigenvalue weighted by Crippen LogP contribution is 2.49. The standard InChI is InChI=1S/C25H33N3O3S.C2HF3O2/c1-28-14-13-25(17-9-10-20(30-2)21(15-17)31-3)12-11-18(16-23(25)28)26-24(29)27-19-7-5-6-8-22(19)32-4;3-2(4,5)1(6)7/h5-10,15,18,23H,11-14,16H2,1-4H3,(H2,26,27,29);(H,6,7)/t18-,23+,25+;/m1./s1. The van der Waals surface area contributed by atoms with Gasteiger partial charge < -0.3 is 30.1 Å². The van der Waals surface area contributed by atoms with Gasteiger partial charge in [0.25, 0.3) is 0 Å². The quantitative estimate of drug-likeness (QED) is 0.402. The van der Waals surface area contributed by atoms with Crippen LogP contribution in [0.5, 0.6) is 11.5 Å². The Hall–Kier alpha value is -3.12. The number of alkyl halides is 3. The molecular weight excluding hydrogens is 535 g/mol. The zero-order valence-electron chi connectivity index (χ0n) is 22.3. The second-order valence-corrected chi connectivity index (χ2v) is 10.4. The van der Waals surface area contributed by atoms with Crippen LogP contribution in [-0.2, 0) is 10.2 Å². The summed E-state index contributed by atoms with van der Waals surface area (Å²) in [6.07, 6.45) is 0.968. The zero-order chi connectivity index (χ0) is 28.8. The molecule has 8 nitrogen and oxygen atoms in total. The number of thioether (sulfide) groups is 1. The lowest BCUT2D eigenvalue weighted by Gasteiger charge is -2.45. The molecule has 2 aromatic rings. The molecular formula is C27H34F3N3O5S. The van der Waals surface area contributed by atoms with Gasteiger partial charge in [0.2, 0.25) is 0 Å². The number of ether oxygens (including phenoxy) is 2. The molecule has 1 saturated carbocycles. The number of nitrogens with zero attached hydrogens (tertiary/aromatic N) is 1. The second-order valence-electron chi connectivity index (χ2n) is 9.55. The predicted molar refractivity (Wildman–Crippen MR) is 144 cm³/mol. The van der Waals surface area contributed by atoms with Gasteiger partial charge in [0, 0.05) is 22.4 Å². The fourth-order valence-corrected chi connectivity index (χ4v) is 6.04. The number of carboxylic acids is 1. The smallest absolute Gasteiger partial charge is 0.490 e. The van der Waals surface area contributed by atoms with Gasteiger partial charge in [-0.15, -0.1) is 11.8 Å². The highest BCUT2D eigenvalue weighted by molar-refractivity contribution is 7.98. The highest BCUT2D eigenvalue weighted by atomic mass is 32.2. The van der Waals surface area contributed by atoms with Crippen LogP contribution in [0.15, 0.2) is 47.4 Å². The van der Waals surface area contributed by atoms with Gasteiger partial charge in [-0.25, -0.2) is 9.59 Å². The summed E-state index contributed by atoms with van der Waals surface area (Å²) in [4.78, 5) is 25.2. The lowest BCUT2D eigenvalue weighted by molar-refractivity contribution is -0.192. The lowest BCUT2D eigenvalue weighted by Crippen LogP contribution is -2.52. The molecule has 3 N–H and O–H groups in total. The number of nitrogens with one attached hydrogen (secondary N) is 2. The number of urea groups is 1. The summed E-state index contributed by atoms with van der Waals surface area (Å²) in [5.74, 6) is -1.22. The minimum absolute atomic E-state index is 0.0778. The summed E-state index contributed by atoms with van der Waals surface area (Å²) in [5, 5.41) is 13.4. The van der Waals surface area contributed by atoms with E-state index in [0.717, 1.165) is 54.3 Å². The van der Waals surface area contributed by atoms with E-state index in [4.69, 9.17) is 19.4 Å². The summed E-state index contributed by atoms with van der Waals surface area (Å²) in [6.45, 7) is 1.05. The molecule has 0 unspecified atom stereocenters. The number of amides is 2. The number of hydrogen-bond donors (Lipinski definition) is 3. The Morgan fingerprint density at radius 2 is 1.77 bits per heavy atom. The number of likely N-dealkylation sites (N-methyl/N-ethyl adjacent to an activating group) is 1. The number of para-hydroxylation sites is 1. The average Bonchev–Trinajstić information content (AvgIpc) is 3.25. The van der Waals surface area contributed by atoms with E-state index in [2.05, 4.69) is 34.7 Å². The van der Waals surface area contributed by atoms with Gasteiger partial charge in [-0.05, 0) is 75.4 Å². The second kappa shape index (κ2) is 12.8. The molecule has 0 spiro atoms. The number of methoxy groups -OCH3 is 2. The minimum atomic E-state index is -5.08. The van der Waals surface area contributed by atoms with E-state index < -0.39 is 12.1 Å². The molecule has 39 heavy (non-hydrogen) atoms. The van der Waals surface area contributed by atoms with E-state index in [0.29, 0.717) is 6.04 Å². The van der Waals surface area contributed by atoms with Crippen LogP contribution >= 0.6 is 11.8 Å². The molecule has 2 aromatic carbocycles. The molecule has 0 radical (unpaired) electrons. The van der Waals surface area contributed by atoms with Crippen LogP contribution in [0.25, 0.3) is 0 Å². The Bertz CT molecular complexity index is 1170. The van der Waals surface area contributed by atoms with Crippen LogP contribution < -0.4 is 20.1 Å². The Morgan fingerprint density at radius 1 is 1.10 bits per heavy atom. The molecule has 0 bridgehead atoms. The van der Waals surface area contributed by atoms with Gasteiger partial charge in [-0.2, -0.15) is 13.2 Å². The van der Waals surface area contributed by atoms with Gasteiger partial charge in [-0.3, -0.25) is 0 Å².